The first-order valence-corrected chi connectivity index (χ1v) is 9.33. The van der Waals surface area contributed by atoms with Crippen molar-refractivity contribution in [3.63, 3.8) is 0 Å². The first kappa shape index (κ1) is 17.8. The lowest BCUT2D eigenvalue weighted by molar-refractivity contribution is 0.197. The highest BCUT2D eigenvalue weighted by atomic mass is 16.5. The van der Waals surface area contributed by atoms with Gasteiger partial charge in [0.2, 0.25) is 0 Å². The maximum Gasteiger partial charge on any atom is 0.191 e. The molecule has 25 heavy (non-hydrogen) atoms. The Kier molecular flexibility index (Phi) is 6.34. The van der Waals surface area contributed by atoms with Crippen molar-refractivity contribution in [3.05, 3.63) is 42.5 Å². The molecule has 1 aliphatic heterocycles. The van der Waals surface area contributed by atoms with E-state index in [1.54, 1.807) is 6.08 Å². The number of hydrogen-bond acceptors (Lipinski definition) is 3. The van der Waals surface area contributed by atoms with Crippen LogP contribution in [0.4, 0.5) is 0 Å². The molecule has 1 aromatic carbocycles. The van der Waals surface area contributed by atoms with Gasteiger partial charge in [0, 0.05) is 44.3 Å². The molecular formula is C20H30N4O. The van der Waals surface area contributed by atoms with Crippen LogP contribution in [0, 0.1) is 0 Å². The van der Waals surface area contributed by atoms with Crippen molar-refractivity contribution < 1.29 is 4.74 Å². The van der Waals surface area contributed by atoms with Crippen LogP contribution >= 0.6 is 0 Å². The van der Waals surface area contributed by atoms with Crippen molar-refractivity contribution >= 4 is 5.96 Å². The lowest BCUT2D eigenvalue weighted by Gasteiger charge is -2.33. The number of nitrogens with zero attached hydrogens (tertiary/aromatic N) is 2. The molecule has 0 spiro atoms. The summed E-state index contributed by atoms with van der Waals surface area (Å²) < 4.78 is 5.72. The number of ether oxygens (including phenoxy) is 1. The van der Waals surface area contributed by atoms with E-state index in [9.17, 15) is 0 Å². The molecule has 2 fully saturated rings. The maximum absolute atomic E-state index is 5.72. The van der Waals surface area contributed by atoms with Crippen molar-refractivity contribution in [3.8, 4) is 5.75 Å². The number of piperidine rings is 1. The van der Waals surface area contributed by atoms with Crippen molar-refractivity contribution in [2.75, 3.05) is 26.7 Å². The molecule has 1 heterocycles. The Bertz CT molecular complexity index is 589. The van der Waals surface area contributed by atoms with Gasteiger partial charge in [-0.3, -0.25) is 4.99 Å². The molecule has 0 radical (unpaired) electrons. The standard InChI is InChI=1S/C20H30N4O/c1-3-14-25-19-7-5-4-6-16(19)15-22-20(21-2)23-17-10-12-24(13-11-17)18-8-9-18/h3-7,17-18H,1,8-15H2,2H3,(H2,21,22,23). The highest BCUT2D eigenvalue weighted by molar-refractivity contribution is 5.80. The molecule has 2 aliphatic rings. The normalized spacial score (nSPS) is 19.5. The van der Waals surface area contributed by atoms with Gasteiger partial charge in [-0.15, -0.1) is 0 Å². The number of benzene rings is 1. The quantitative estimate of drug-likeness (QED) is 0.454. The Hall–Kier alpha value is -2.01. The molecule has 1 saturated heterocycles. The predicted octanol–water partition coefficient (Wildman–Crippen LogP) is 2.54. The van der Waals surface area contributed by atoms with E-state index < -0.39 is 0 Å². The van der Waals surface area contributed by atoms with Crippen LogP contribution in [0.25, 0.3) is 0 Å². The molecule has 136 valence electrons. The lowest BCUT2D eigenvalue weighted by atomic mass is 10.1. The van der Waals surface area contributed by atoms with Crippen LogP contribution in [0.1, 0.15) is 31.2 Å². The summed E-state index contributed by atoms with van der Waals surface area (Å²) in [6.07, 6.45) is 6.94. The SMILES string of the molecule is C=CCOc1ccccc1CNC(=NC)NC1CCN(C2CC2)CC1. The summed E-state index contributed by atoms with van der Waals surface area (Å²) in [5, 5.41) is 6.99. The number of aliphatic imine (C=N–C) groups is 1. The van der Waals surface area contributed by atoms with Gasteiger partial charge in [0.1, 0.15) is 12.4 Å². The second-order valence-corrected chi connectivity index (χ2v) is 6.82. The zero-order valence-corrected chi connectivity index (χ0v) is 15.2. The summed E-state index contributed by atoms with van der Waals surface area (Å²) in [5.74, 6) is 1.76. The summed E-state index contributed by atoms with van der Waals surface area (Å²) in [5.41, 5.74) is 1.12. The smallest absolute Gasteiger partial charge is 0.191 e. The average molecular weight is 342 g/mol. The third kappa shape index (κ3) is 5.23. The molecule has 0 unspecified atom stereocenters. The molecule has 1 saturated carbocycles. The minimum atomic E-state index is 0.508. The molecule has 0 atom stereocenters. The Labute approximate surface area is 151 Å². The van der Waals surface area contributed by atoms with E-state index in [2.05, 4.69) is 33.2 Å². The molecule has 0 amide bonds. The third-order valence-electron chi connectivity index (χ3n) is 4.93. The van der Waals surface area contributed by atoms with Gasteiger partial charge in [-0.25, -0.2) is 0 Å². The van der Waals surface area contributed by atoms with Crippen LogP contribution < -0.4 is 15.4 Å². The fraction of sp³-hybridized carbons (Fsp3) is 0.550. The summed E-state index contributed by atoms with van der Waals surface area (Å²) in [6.45, 7) is 7.32. The van der Waals surface area contributed by atoms with E-state index in [4.69, 9.17) is 4.74 Å². The largest absolute Gasteiger partial charge is 0.489 e. The van der Waals surface area contributed by atoms with E-state index in [-0.39, 0.29) is 0 Å². The number of likely N-dealkylation sites (tertiary alicyclic amines) is 1. The van der Waals surface area contributed by atoms with E-state index in [1.165, 1.54) is 38.8 Å². The zero-order valence-electron chi connectivity index (χ0n) is 15.2. The second-order valence-electron chi connectivity index (χ2n) is 6.82. The summed E-state index contributed by atoms with van der Waals surface area (Å²) in [4.78, 5) is 7.02. The number of guanidine groups is 1. The van der Waals surface area contributed by atoms with Crippen LogP contribution in [0.15, 0.2) is 41.9 Å². The number of rotatable bonds is 7. The predicted molar refractivity (Wildman–Crippen MR) is 103 cm³/mol. The van der Waals surface area contributed by atoms with Crippen molar-refractivity contribution in [1.82, 2.24) is 15.5 Å². The van der Waals surface area contributed by atoms with E-state index in [1.807, 2.05) is 25.2 Å². The fourth-order valence-electron chi connectivity index (χ4n) is 3.35. The number of hydrogen-bond donors (Lipinski definition) is 2. The highest BCUT2D eigenvalue weighted by Crippen LogP contribution is 2.29. The van der Waals surface area contributed by atoms with Gasteiger partial charge in [0.05, 0.1) is 0 Å². The van der Waals surface area contributed by atoms with Gasteiger partial charge in [-0.1, -0.05) is 30.9 Å². The second kappa shape index (κ2) is 8.90. The average Bonchev–Trinajstić information content (AvgIpc) is 3.50. The van der Waals surface area contributed by atoms with E-state index >= 15 is 0 Å². The van der Waals surface area contributed by atoms with Gasteiger partial charge in [0.15, 0.2) is 5.96 Å². The minimum Gasteiger partial charge on any atom is -0.489 e. The molecule has 5 nitrogen and oxygen atoms in total. The lowest BCUT2D eigenvalue weighted by Crippen LogP contribution is -2.48. The van der Waals surface area contributed by atoms with Crippen LogP contribution in [-0.2, 0) is 6.54 Å². The molecule has 1 aliphatic carbocycles. The summed E-state index contributed by atoms with van der Waals surface area (Å²) >= 11 is 0. The Morgan fingerprint density at radius 2 is 2.04 bits per heavy atom. The molecule has 2 N–H and O–H groups in total. The highest BCUT2D eigenvalue weighted by Gasteiger charge is 2.31. The Morgan fingerprint density at radius 3 is 2.72 bits per heavy atom. The monoisotopic (exact) mass is 342 g/mol. The molecule has 1 aromatic rings. The summed E-state index contributed by atoms with van der Waals surface area (Å²) in [7, 11) is 1.83. The number of para-hydroxylation sites is 1. The topological polar surface area (TPSA) is 48.9 Å². The van der Waals surface area contributed by atoms with Gasteiger partial charge >= 0.3 is 0 Å². The van der Waals surface area contributed by atoms with Crippen molar-refractivity contribution in [2.24, 2.45) is 4.99 Å². The van der Waals surface area contributed by atoms with Gasteiger partial charge in [-0.2, -0.15) is 0 Å². The Balaban J connectivity index is 1.47. The number of nitrogens with one attached hydrogen (secondary N) is 2. The van der Waals surface area contributed by atoms with Crippen molar-refractivity contribution in [1.29, 1.82) is 0 Å². The van der Waals surface area contributed by atoms with E-state index in [0.29, 0.717) is 19.2 Å². The maximum atomic E-state index is 5.72. The minimum absolute atomic E-state index is 0.508. The molecule has 0 aromatic heterocycles. The zero-order chi connectivity index (χ0) is 17.5. The van der Waals surface area contributed by atoms with Crippen LogP contribution in [-0.4, -0.2) is 49.7 Å². The molecule has 5 heteroatoms. The third-order valence-corrected chi connectivity index (χ3v) is 4.93. The Morgan fingerprint density at radius 1 is 1.28 bits per heavy atom. The van der Waals surface area contributed by atoms with Crippen LogP contribution in [0.5, 0.6) is 5.75 Å². The van der Waals surface area contributed by atoms with Crippen molar-refractivity contribution in [2.45, 2.75) is 44.3 Å². The molecular weight excluding hydrogens is 312 g/mol. The first-order chi connectivity index (χ1) is 12.3. The fourth-order valence-corrected chi connectivity index (χ4v) is 3.35. The van der Waals surface area contributed by atoms with E-state index in [0.717, 1.165) is 23.3 Å². The first-order valence-electron chi connectivity index (χ1n) is 9.33. The van der Waals surface area contributed by atoms with Crippen LogP contribution in [0.3, 0.4) is 0 Å². The van der Waals surface area contributed by atoms with Gasteiger partial charge < -0.3 is 20.3 Å². The van der Waals surface area contributed by atoms with Crippen LogP contribution in [0.2, 0.25) is 0 Å². The van der Waals surface area contributed by atoms with Gasteiger partial charge in [0.25, 0.3) is 0 Å². The molecule has 0 bridgehead atoms. The molecule has 3 rings (SSSR count). The van der Waals surface area contributed by atoms with Gasteiger partial charge in [-0.05, 0) is 31.7 Å². The summed E-state index contributed by atoms with van der Waals surface area (Å²) in [6, 6.07) is 9.47.